The fourth-order valence-electron chi connectivity index (χ4n) is 7.27. The van der Waals surface area contributed by atoms with Gasteiger partial charge in [-0.1, -0.05) is 69.0 Å². The lowest BCUT2D eigenvalue weighted by Gasteiger charge is -2.35. The zero-order chi connectivity index (χ0) is 28.2. The number of sulfone groups is 1. The second-order valence-corrected chi connectivity index (χ2v) is 14.4. The molecular formula is C34H45N3O3S. The molecule has 5 atom stereocenters. The van der Waals surface area contributed by atoms with Crippen molar-refractivity contribution >= 4 is 20.6 Å². The number of benzene rings is 3. The van der Waals surface area contributed by atoms with Crippen molar-refractivity contribution in [1.82, 2.24) is 16.0 Å². The van der Waals surface area contributed by atoms with Crippen LogP contribution in [0.25, 0.3) is 10.8 Å². The molecule has 0 amide bonds. The summed E-state index contributed by atoms with van der Waals surface area (Å²) in [6.07, 6.45) is 9.44. The lowest BCUT2D eigenvalue weighted by Crippen LogP contribution is -2.54. The minimum absolute atomic E-state index is 0.0734. The molecule has 2 aliphatic heterocycles. The Balaban J connectivity index is 1.21. The van der Waals surface area contributed by atoms with Crippen LogP contribution in [-0.4, -0.2) is 51.0 Å². The van der Waals surface area contributed by atoms with E-state index >= 15 is 0 Å². The second-order valence-electron chi connectivity index (χ2n) is 12.3. The van der Waals surface area contributed by atoms with Crippen LogP contribution in [0.1, 0.15) is 63.9 Å². The Kier molecular flexibility index (Phi) is 8.96. The number of rotatable bonds is 12. The van der Waals surface area contributed by atoms with Gasteiger partial charge in [-0.3, -0.25) is 0 Å². The maximum Gasteiger partial charge on any atom is 0.184 e. The molecule has 3 aromatic carbocycles. The van der Waals surface area contributed by atoms with Gasteiger partial charge in [0.1, 0.15) is 5.75 Å². The number of unbranched alkanes of at least 4 members (excludes halogenated alkanes) is 1. The monoisotopic (exact) mass is 575 g/mol. The molecule has 220 valence electrons. The topological polar surface area (TPSA) is 79.5 Å². The number of hydrogen-bond acceptors (Lipinski definition) is 6. The average molecular weight is 576 g/mol. The van der Waals surface area contributed by atoms with Crippen LogP contribution in [-0.2, 0) is 16.4 Å². The third-order valence-electron chi connectivity index (χ3n) is 9.52. The highest BCUT2D eigenvalue weighted by atomic mass is 32.2. The van der Waals surface area contributed by atoms with Gasteiger partial charge in [0.2, 0.25) is 0 Å². The molecule has 2 bridgehead atoms. The molecule has 1 saturated carbocycles. The summed E-state index contributed by atoms with van der Waals surface area (Å²) < 4.78 is 34.4. The fraction of sp³-hybridized carbons (Fsp3) is 0.529. The largest absolute Gasteiger partial charge is 0.494 e. The predicted octanol–water partition coefficient (Wildman–Crippen LogP) is 5.60. The van der Waals surface area contributed by atoms with Crippen molar-refractivity contribution in [1.29, 1.82) is 0 Å². The third-order valence-corrected chi connectivity index (χ3v) is 11.8. The van der Waals surface area contributed by atoms with Gasteiger partial charge in [0.25, 0.3) is 0 Å². The molecule has 0 spiro atoms. The number of ether oxygens (including phenoxy) is 1. The van der Waals surface area contributed by atoms with Crippen LogP contribution >= 0.6 is 0 Å². The van der Waals surface area contributed by atoms with Crippen molar-refractivity contribution in [2.45, 2.75) is 99.1 Å². The van der Waals surface area contributed by atoms with Crippen molar-refractivity contribution < 1.29 is 13.2 Å². The first kappa shape index (κ1) is 28.7. The van der Waals surface area contributed by atoms with Gasteiger partial charge < -0.3 is 20.7 Å². The van der Waals surface area contributed by atoms with Crippen molar-refractivity contribution in [3.05, 3.63) is 72.3 Å². The minimum atomic E-state index is -3.58. The van der Waals surface area contributed by atoms with E-state index < -0.39 is 15.1 Å². The van der Waals surface area contributed by atoms with Crippen molar-refractivity contribution in [2.75, 3.05) is 13.2 Å². The molecule has 5 unspecified atom stereocenters. The Morgan fingerprint density at radius 3 is 2.49 bits per heavy atom. The molecule has 3 aromatic rings. The smallest absolute Gasteiger partial charge is 0.184 e. The summed E-state index contributed by atoms with van der Waals surface area (Å²) in [4.78, 5) is 0.385. The molecule has 3 fully saturated rings. The summed E-state index contributed by atoms with van der Waals surface area (Å²) in [5.41, 5.74) is 1.17. The lowest BCUT2D eigenvalue weighted by molar-refractivity contribution is 0.298. The first-order chi connectivity index (χ1) is 20.0. The highest BCUT2D eigenvalue weighted by Crippen LogP contribution is 2.40. The van der Waals surface area contributed by atoms with Gasteiger partial charge in [-0.2, -0.15) is 0 Å². The molecule has 3 aliphatic rings. The Morgan fingerprint density at radius 2 is 1.71 bits per heavy atom. The lowest BCUT2D eigenvalue weighted by atomic mass is 9.84. The zero-order valence-electron chi connectivity index (χ0n) is 24.2. The zero-order valence-corrected chi connectivity index (χ0v) is 25.0. The molecule has 6 nitrogen and oxygen atoms in total. The van der Waals surface area contributed by atoms with E-state index in [1.54, 1.807) is 12.1 Å². The van der Waals surface area contributed by atoms with E-state index in [1.807, 2.05) is 12.1 Å². The van der Waals surface area contributed by atoms with E-state index in [9.17, 15) is 8.42 Å². The van der Waals surface area contributed by atoms with Gasteiger partial charge in [0.15, 0.2) is 9.84 Å². The molecule has 1 aliphatic carbocycles. The van der Waals surface area contributed by atoms with E-state index in [0.29, 0.717) is 30.0 Å². The predicted molar refractivity (Wildman–Crippen MR) is 166 cm³/mol. The summed E-state index contributed by atoms with van der Waals surface area (Å²) in [5.74, 6) is 1.03. The molecule has 0 radical (unpaired) electrons. The van der Waals surface area contributed by atoms with Crippen molar-refractivity contribution in [3.8, 4) is 5.75 Å². The maximum absolute atomic E-state index is 14.3. The average Bonchev–Trinajstić information content (AvgIpc) is 3.59. The second kappa shape index (κ2) is 12.8. The molecular weight excluding hydrogens is 530 g/mol. The van der Waals surface area contributed by atoms with Crippen LogP contribution < -0.4 is 20.7 Å². The summed E-state index contributed by atoms with van der Waals surface area (Å²) in [5, 5.41) is 13.2. The number of nitrogens with one attached hydrogen (secondary N) is 3. The first-order valence-electron chi connectivity index (χ1n) is 15.7. The Bertz CT molecular complexity index is 1400. The van der Waals surface area contributed by atoms with Crippen LogP contribution in [0.5, 0.6) is 5.75 Å². The van der Waals surface area contributed by atoms with Crippen LogP contribution in [0.2, 0.25) is 0 Å². The van der Waals surface area contributed by atoms with Gasteiger partial charge in [-0.25, -0.2) is 8.42 Å². The summed E-state index contributed by atoms with van der Waals surface area (Å²) >= 11 is 0. The standard InChI is InChI=1S/C34H45N3O3S/c1-2-3-19-40-29-15-17-30(18-16-29)41(38,39)34-32-27(23-35-28-11-5-4-6-12-28)21-31(37-32)33(34)36-22-24-13-14-25-9-7-8-10-26(25)20-24/h7-10,13-18,20,27-28,31-37H,2-6,11-12,19,21-23H2,1H3. The third kappa shape index (κ3) is 6.34. The quantitative estimate of drug-likeness (QED) is 0.244. The Morgan fingerprint density at radius 1 is 0.927 bits per heavy atom. The van der Waals surface area contributed by atoms with Crippen molar-refractivity contribution in [2.24, 2.45) is 5.92 Å². The molecule has 2 saturated heterocycles. The van der Waals surface area contributed by atoms with Gasteiger partial charge in [-0.15, -0.1) is 0 Å². The van der Waals surface area contributed by atoms with Crippen LogP contribution in [0.3, 0.4) is 0 Å². The van der Waals surface area contributed by atoms with Gasteiger partial charge in [0, 0.05) is 30.7 Å². The summed E-state index contributed by atoms with van der Waals surface area (Å²) in [6.45, 7) is 4.30. The molecule has 0 aromatic heterocycles. The summed E-state index contributed by atoms with van der Waals surface area (Å²) in [6, 6.07) is 22.4. The van der Waals surface area contributed by atoms with Crippen LogP contribution in [0, 0.1) is 5.92 Å². The van der Waals surface area contributed by atoms with E-state index in [4.69, 9.17) is 4.74 Å². The Hall–Kier alpha value is -2.45. The fourth-order valence-corrected chi connectivity index (χ4v) is 9.46. The van der Waals surface area contributed by atoms with E-state index in [2.05, 4.69) is 65.3 Å². The first-order valence-corrected chi connectivity index (χ1v) is 17.2. The van der Waals surface area contributed by atoms with Crippen LogP contribution in [0.15, 0.2) is 71.6 Å². The molecule has 3 N–H and O–H groups in total. The number of hydrogen-bond donors (Lipinski definition) is 3. The van der Waals surface area contributed by atoms with Gasteiger partial charge >= 0.3 is 0 Å². The molecule has 41 heavy (non-hydrogen) atoms. The maximum atomic E-state index is 14.3. The highest BCUT2D eigenvalue weighted by molar-refractivity contribution is 7.92. The highest BCUT2D eigenvalue weighted by Gasteiger charge is 2.57. The van der Waals surface area contributed by atoms with E-state index in [-0.39, 0.29) is 18.1 Å². The normalized spacial score (nSPS) is 26.5. The molecule has 7 heteroatoms. The Labute approximate surface area is 245 Å². The summed E-state index contributed by atoms with van der Waals surface area (Å²) in [7, 11) is -3.58. The SMILES string of the molecule is CCCCOc1ccc(S(=O)(=O)C2C3NC(CC3CNC3CCCCC3)C2NCc2ccc3ccccc3c2)cc1. The van der Waals surface area contributed by atoms with Gasteiger partial charge in [-0.05, 0) is 84.8 Å². The number of fused-ring (bicyclic) bond motifs is 3. The van der Waals surface area contributed by atoms with E-state index in [1.165, 1.54) is 48.4 Å². The van der Waals surface area contributed by atoms with E-state index in [0.717, 1.165) is 31.6 Å². The molecule has 2 heterocycles. The van der Waals surface area contributed by atoms with Crippen molar-refractivity contribution in [3.63, 3.8) is 0 Å². The minimum Gasteiger partial charge on any atom is -0.494 e. The van der Waals surface area contributed by atoms with Crippen LogP contribution in [0.4, 0.5) is 0 Å². The van der Waals surface area contributed by atoms with Gasteiger partial charge in [0.05, 0.1) is 16.8 Å². The molecule has 6 rings (SSSR count).